The van der Waals surface area contributed by atoms with E-state index < -0.39 is 12.8 Å². The van der Waals surface area contributed by atoms with Crippen LogP contribution in [0.5, 0.6) is 5.88 Å². The SMILES string of the molecule is O=C(NCc1cccnc1OCC(F)(F)F)c1ccc(Br)cc1. The maximum absolute atomic E-state index is 12.2. The molecular formula is C15H12BrF3N2O2. The van der Waals surface area contributed by atoms with Crippen molar-refractivity contribution >= 4 is 21.8 Å². The largest absolute Gasteiger partial charge is 0.468 e. The van der Waals surface area contributed by atoms with E-state index in [0.717, 1.165) is 4.47 Å². The Hall–Kier alpha value is -2.09. The molecule has 0 saturated carbocycles. The number of alkyl halides is 3. The highest BCUT2D eigenvalue weighted by molar-refractivity contribution is 9.10. The van der Waals surface area contributed by atoms with E-state index in [1.54, 1.807) is 36.4 Å². The molecule has 1 N–H and O–H groups in total. The lowest BCUT2D eigenvalue weighted by molar-refractivity contribution is -0.154. The summed E-state index contributed by atoms with van der Waals surface area (Å²) in [7, 11) is 0. The molecule has 1 aromatic carbocycles. The number of aromatic nitrogens is 1. The standard InChI is InChI=1S/C15H12BrF3N2O2/c16-12-5-3-10(4-6-12)13(22)21-8-11-2-1-7-20-14(11)23-9-15(17,18)19/h1-7H,8-9H2,(H,21,22). The van der Waals surface area contributed by atoms with Crippen LogP contribution in [0.25, 0.3) is 0 Å². The number of amides is 1. The monoisotopic (exact) mass is 388 g/mol. The molecule has 0 aliphatic carbocycles. The normalized spacial score (nSPS) is 11.1. The molecule has 0 bridgehead atoms. The van der Waals surface area contributed by atoms with Crippen molar-refractivity contribution in [2.24, 2.45) is 0 Å². The molecule has 23 heavy (non-hydrogen) atoms. The summed E-state index contributed by atoms with van der Waals surface area (Å²) in [5, 5.41) is 2.62. The summed E-state index contributed by atoms with van der Waals surface area (Å²) < 4.78 is 42.1. The molecule has 0 spiro atoms. The van der Waals surface area contributed by atoms with Crippen molar-refractivity contribution in [3.63, 3.8) is 0 Å². The molecule has 8 heteroatoms. The van der Waals surface area contributed by atoms with Crippen LogP contribution in [-0.4, -0.2) is 23.7 Å². The average molecular weight is 389 g/mol. The summed E-state index contributed by atoms with van der Waals surface area (Å²) in [6.45, 7) is -1.42. The number of carbonyl (C=O) groups is 1. The smallest absolute Gasteiger partial charge is 0.422 e. The van der Waals surface area contributed by atoms with Crippen molar-refractivity contribution in [2.75, 3.05) is 6.61 Å². The number of hydrogen-bond acceptors (Lipinski definition) is 3. The third-order valence-corrected chi connectivity index (χ3v) is 3.30. The Bertz CT molecular complexity index is 675. The number of nitrogens with one attached hydrogen (secondary N) is 1. The van der Waals surface area contributed by atoms with Crippen molar-refractivity contribution in [1.82, 2.24) is 10.3 Å². The average Bonchev–Trinajstić information content (AvgIpc) is 2.51. The van der Waals surface area contributed by atoms with E-state index in [-0.39, 0.29) is 18.3 Å². The van der Waals surface area contributed by atoms with Crippen molar-refractivity contribution < 1.29 is 22.7 Å². The Labute approximate surface area is 138 Å². The van der Waals surface area contributed by atoms with Gasteiger partial charge in [-0.3, -0.25) is 4.79 Å². The van der Waals surface area contributed by atoms with Crippen LogP contribution >= 0.6 is 15.9 Å². The van der Waals surface area contributed by atoms with Crippen molar-refractivity contribution in [3.05, 3.63) is 58.2 Å². The van der Waals surface area contributed by atoms with Crippen LogP contribution < -0.4 is 10.1 Å². The summed E-state index contributed by atoms with van der Waals surface area (Å²) in [5.74, 6) is -0.496. The van der Waals surface area contributed by atoms with Crippen LogP contribution in [0.15, 0.2) is 47.1 Å². The summed E-state index contributed by atoms with van der Waals surface area (Å²) in [5.41, 5.74) is 0.803. The fourth-order valence-corrected chi connectivity index (χ4v) is 1.98. The van der Waals surface area contributed by atoms with E-state index in [0.29, 0.717) is 11.1 Å². The van der Waals surface area contributed by atoms with Gasteiger partial charge in [0.15, 0.2) is 6.61 Å². The Balaban J connectivity index is 2.00. The third kappa shape index (κ3) is 5.55. The number of hydrogen-bond donors (Lipinski definition) is 1. The predicted molar refractivity (Wildman–Crippen MR) is 81.1 cm³/mol. The summed E-state index contributed by atoms with van der Waals surface area (Å²) in [6, 6.07) is 9.79. The molecule has 2 rings (SSSR count). The van der Waals surface area contributed by atoms with Gasteiger partial charge in [-0.05, 0) is 30.3 Å². The molecule has 1 heterocycles. The van der Waals surface area contributed by atoms with Crippen LogP contribution in [0, 0.1) is 0 Å². The molecular weight excluding hydrogens is 377 g/mol. The number of rotatable bonds is 5. The molecule has 4 nitrogen and oxygen atoms in total. The lowest BCUT2D eigenvalue weighted by Gasteiger charge is -2.12. The highest BCUT2D eigenvalue weighted by atomic mass is 79.9. The Morgan fingerprint density at radius 2 is 1.91 bits per heavy atom. The Morgan fingerprint density at radius 3 is 2.57 bits per heavy atom. The summed E-state index contributed by atoms with van der Waals surface area (Å²) in [6.07, 6.45) is -3.12. The number of pyridine rings is 1. The number of benzene rings is 1. The fourth-order valence-electron chi connectivity index (χ4n) is 1.72. The first-order chi connectivity index (χ1) is 10.8. The zero-order valence-corrected chi connectivity index (χ0v) is 13.3. The number of halogens is 4. The molecule has 122 valence electrons. The van der Waals surface area contributed by atoms with Gasteiger partial charge in [0.1, 0.15) is 0 Å². The van der Waals surface area contributed by atoms with Gasteiger partial charge in [0.25, 0.3) is 5.91 Å². The van der Waals surface area contributed by atoms with Gasteiger partial charge < -0.3 is 10.1 Å². The second-order valence-corrected chi connectivity index (χ2v) is 5.48. The van der Waals surface area contributed by atoms with Crippen molar-refractivity contribution in [3.8, 4) is 5.88 Å². The second-order valence-electron chi connectivity index (χ2n) is 4.56. The van der Waals surface area contributed by atoms with E-state index in [2.05, 4.69) is 31.0 Å². The van der Waals surface area contributed by atoms with E-state index >= 15 is 0 Å². The zero-order valence-electron chi connectivity index (χ0n) is 11.7. The minimum absolute atomic E-state index is 0.00985. The lowest BCUT2D eigenvalue weighted by atomic mass is 10.2. The number of ether oxygens (including phenoxy) is 1. The third-order valence-electron chi connectivity index (χ3n) is 2.77. The molecule has 0 aliphatic heterocycles. The molecule has 1 aromatic heterocycles. The molecule has 1 amide bonds. The van der Waals surface area contributed by atoms with Crippen LogP contribution in [0.1, 0.15) is 15.9 Å². The van der Waals surface area contributed by atoms with E-state index in [4.69, 9.17) is 0 Å². The number of carbonyl (C=O) groups excluding carboxylic acids is 1. The summed E-state index contributed by atoms with van der Waals surface area (Å²) >= 11 is 3.26. The molecule has 0 fully saturated rings. The quantitative estimate of drug-likeness (QED) is 0.849. The Kier molecular flexibility index (Phi) is 5.59. The first-order valence-electron chi connectivity index (χ1n) is 6.52. The molecule has 0 atom stereocenters. The molecule has 0 saturated heterocycles. The topological polar surface area (TPSA) is 51.2 Å². The van der Waals surface area contributed by atoms with Gasteiger partial charge in [-0.25, -0.2) is 4.98 Å². The van der Waals surface area contributed by atoms with Gasteiger partial charge in [-0.15, -0.1) is 0 Å². The van der Waals surface area contributed by atoms with Gasteiger partial charge in [-0.2, -0.15) is 13.2 Å². The maximum Gasteiger partial charge on any atom is 0.422 e. The van der Waals surface area contributed by atoms with E-state index in [1.165, 1.54) is 6.20 Å². The maximum atomic E-state index is 12.2. The first kappa shape index (κ1) is 17.3. The van der Waals surface area contributed by atoms with E-state index in [1.807, 2.05) is 0 Å². The second kappa shape index (κ2) is 7.45. The van der Waals surface area contributed by atoms with Gasteiger partial charge in [0.2, 0.25) is 5.88 Å². The lowest BCUT2D eigenvalue weighted by Crippen LogP contribution is -2.24. The van der Waals surface area contributed by atoms with Crippen molar-refractivity contribution in [1.29, 1.82) is 0 Å². The molecule has 2 aromatic rings. The van der Waals surface area contributed by atoms with Crippen LogP contribution in [0.2, 0.25) is 0 Å². The Morgan fingerprint density at radius 1 is 1.22 bits per heavy atom. The van der Waals surface area contributed by atoms with Gasteiger partial charge in [0, 0.05) is 28.3 Å². The predicted octanol–water partition coefficient (Wildman–Crippen LogP) is 3.72. The minimum atomic E-state index is -4.45. The van der Waals surface area contributed by atoms with Crippen LogP contribution in [-0.2, 0) is 6.54 Å². The van der Waals surface area contributed by atoms with Gasteiger partial charge >= 0.3 is 6.18 Å². The highest BCUT2D eigenvalue weighted by Crippen LogP contribution is 2.20. The highest BCUT2D eigenvalue weighted by Gasteiger charge is 2.29. The summed E-state index contributed by atoms with van der Waals surface area (Å²) in [4.78, 5) is 15.8. The first-order valence-corrected chi connectivity index (χ1v) is 7.32. The van der Waals surface area contributed by atoms with Crippen LogP contribution in [0.4, 0.5) is 13.2 Å². The molecule has 0 unspecified atom stereocenters. The van der Waals surface area contributed by atoms with Gasteiger partial charge in [-0.1, -0.05) is 22.0 Å². The molecule has 0 aliphatic rings. The van der Waals surface area contributed by atoms with Crippen molar-refractivity contribution in [2.45, 2.75) is 12.7 Å². The zero-order chi connectivity index (χ0) is 16.9. The minimum Gasteiger partial charge on any atom is -0.468 e. The molecule has 0 radical (unpaired) electrons. The van der Waals surface area contributed by atoms with Crippen LogP contribution in [0.3, 0.4) is 0 Å². The number of nitrogens with zero attached hydrogens (tertiary/aromatic N) is 1. The van der Waals surface area contributed by atoms with Gasteiger partial charge in [0.05, 0.1) is 0 Å². The fraction of sp³-hybridized carbons (Fsp3) is 0.200. The van der Waals surface area contributed by atoms with E-state index in [9.17, 15) is 18.0 Å².